The molecule has 2 amide bonds. The highest BCUT2D eigenvalue weighted by molar-refractivity contribution is 5.90. The average molecular weight is 289 g/mol. The fourth-order valence-electron chi connectivity index (χ4n) is 2.87. The topological polar surface area (TPSA) is 35.6 Å². The van der Waals surface area contributed by atoms with Crippen molar-refractivity contribution in [3.63, 3.8) is 0 Å². The summed E-state index contributed by atoms with van der Waals surface area (Å²) in [5.41, 5.74) is 2.11. The number of hydrogen-bond acceptors (Lipinski definition) is 2. The lowest BCUT2D eigenvalue weighted by Gasteiger charge is -2.35. The third-order valence-electron chi connectivity index (χ3n) is 4.38. The van der Waals surface area contributed by atoms with Gasteiger partial charge in [-0.15, -0.1) is 0 Å². The van der Waals surface area contributed by atoms with Gasteiger partial charge in [0.15, 0.2) is 0 Å². The fraction of sp³-hybridized carbons (Fsp3) is 0.588. The Morgan fingerprint density at radius 2 is 1.90 bits per heavy atom. The van der Waals surface area contributed by atoms with Crippen molar-refractivity contribution in [1.82, 2.24) is 9.80 Å². The molecule has 1 aliphatic rings. The molecule has 0 bridgehead atoms. The monoisotopic (exact) mass is 289 g/mol. The zero-order valence-electron chi connectivity index (χ0n) is 13.6. The molecule has 0 spiro atoms. The molecule has 1 N–H and O–H groups in total. The second-order valence-electron chi connectivity index (χ2n) is 6.32. The second kappa shape index (κ2) is 6.94. The lowest BCUT2D eigenvalue weighted by atomic mass is 10.0. The van der Waals surface area contributed by atoms with Crippen LogP contribution < -0.4 is 5.32 Å². The molecule has 0 radical (unpaired) electrons. The Balaban J connectivity index is 2.01. The number of nitrogens with one attached hydrogen (secondary N) is 1. The van der Waals surface area contributed by atoms with Crippen LogP contribution in [0.15, 0.2) is 24.3 Å². The predicted octanol–water partition coefficient (Wildman–Crippen LogP) is 3.37. The Bertz CT molecular complexity index is 479. The molecule has 1 saturated heterocycles. The zero-order valence-corrected chi connectivity index (χ0v) is 13.6. The first kappa shape index (κ1) is 15.8. The third-order valence-corrected chi connectivity index (χ3v) is 4.38. The minimum atomic E-state index is -0.00217. The number of amides is 2. The second-order valence-corrected chi connectivity index (χ2v) is 6.32. The van der Waals surface area contributed by atoms with Gasteiger partial charge in [0.05, 0.1) is 0 Å². The quantitative estimate of drug-likeness (QED) is 0.926. The molecule has 0 aliphatic carbocycles. The summed E-state index contributed by atoms with van der Waals surface area (Å²) in [5.74, 6) is 0.398. The van der Waals surface area contributed by atoms with Crippen LogP contribution in [0.1, 0.15) is 38.2 Å². The molecule has 2 rings (SSSR count). The van der Waals surface area contributed by atoms with Gasteiger partial charge in [-0.05, 0) is 50.5 Å². The number of piperidine rings is 1. The Morgan fingerprint density at radius 1 is 1.29 bits per heavy atom. The summed E-state index contributed by atoms with van der Waals surface area (Å²) in [4.78, 5) is 16.7. The number of anilines is 1. The minimum Gasteiger partial charge on any atom is -0.325 e. The SMILES string of the molecule is CC(C)c1ccccc1NC(=O)N(C)C1CCN(C)CC1. The lowest BCUT2D eigenvalue weighted by Crippen LogP contribution is -2.46. The van der Waals surface area contributed by atoms with Crippen molar-refractivity contribution in [3.05, 3.63) is 29.8 Å². The molecule has 0 saturated carbocycles. The van der Waals surface area contributed by atoms with Gasteiger partial charge in [-0.1, -0.05) is 32.0 Å². The molecule has 0 atom stereocenters. The van der Waals surface area contributed by atoms with Gasteiger partial charge in [-0.2, -0.15) is 0 Å². The van der Waals surface area contributed by atoms with Gasteiger partial charge in [-0.25, -0.2) is 4.79 Å². The molecular formula is C17H27N3O. The van der Waals surface area contributed by atoms with Crippen molar-refractivity contribution in [2.24, 2.45) is 0 Å². The third kappa shape index (κ3) is 3.97. The number of hydrogen-bond donors (Lipinski definition) is 1. The summed E-state index contributed by atoms with van der Waals surface area (Å²) in [6.07, 6.45) is 2.10. The average Bonchev–Trinajstić information content (AvgIpc) is 2.47. The molecule has 116 valence electrons. The highest BCUT2D eigenvalue weighted by Gasteiger charge is 2.24. The van der Waals surface area contributed by atoms with Gasteiger partial charge in [0.25, 0.3) is 0 Å². The molecular weight excluding hydrogens is 262 g/mol. The van der Waals surface area contributed by atoms with E-state index in [9.17, 15) is 4.79 Å². The summed E-state index contributed by atoms with van der Waals surface area (Å²) in [7, 11) is 4.04. The molecule has 1 aromatic carbocycles. The molecule has 1 aromatic rings. The summed E-state index contributed by atoms with van der Waals surface area (Å²) in [6, 6.07) is 8.39. The van der Waals surface area contributed by atoms with E-state index in [1.165, 1.54) is 5.56 Å². The molecule has 4 nitrogen and oxygen atoms in total. The van der Waals surface area contributed by atoms with E-state index >= 15 is 0 Å². The first-order valence-corrected chi connectivity index (χ1v) is 7.80. The number of nitrogens with zero attached hydrogens (tertiary/aromatic N) is 2. The van der Waals surface area contributed by atoms with E-state index in [1.54, 1.807) is 0 Å². The van der Waals surface area contributed by atoms with E-state index in [1.807, 2.05) is 30.1 Å². The van der Waals surface area contributed by atoms with Crippen molar-refractivity contribution >= 4 is 11.7 Å². The van der Waals surface area contributed by atoms with E-state index in [4.69, 9.17) is 0 Å². The summed E-state index contributed by atoms with van der Waals surface area (Å²) in [6.45, 7) is 6.41. The smallest absolute Gasteiger partial charge is 0.321 e. The summed E-state index contributed by atoms with van der Waals surface area (Å²) >= 11 is 0. The molecule has 1 heterocycles. The Kier molecular flexibility index (Phi) is 5.23. The maximum absolute atomic E-state index is 12.5. The van der Waals surface area contributed by atoms with Gasteiger partial charge in [0.1, 0.15) is 0 Å². The number of carbonyl (C=O) groups excluding carboxylic acids is 1. The van der Waals surface area contributed by atoms with Crippen LogP contribution >= 0.6 is 0 Å². The van der Waals surface area contributed by atoms with Gasteiger partial charge in [0, 0.05) is 18.8 Å². The number of carbonyl (C=O) groups is 1. The lowest BCUT2D eigenvalue weighted by molar-refractivity contribution is 0.156. The van der Waals surface area contributed by atoms with Crippen LogP contribution in [0.4, 0.5) is 10.5 Å². The predicted molar refractivity (Wildman–Crippen MR) is 87.8 cm³/mol. The van der Waals surface area contributed by atoms with Crippen LogP contribution in [0, 0.1) is 0 Å². The first-order valence-electron chi connectivity index (χ1n) is 7.80. The van der Waals surface area contributed by atoms with Crippen LogP contribution in [-0.2, 0) is 0 Å². The minimum absolute atomic E-state index is 0.00217. The summed E-state index contributed by atoms with van der Waals surface area (Å²) in [5, 5.41) is 3.07. The van der Waals surface area contributed by atoms with Crippen LogP contribution in [0.25, 0.3) is 0 Å². The van der Waals surface area contributed by atoms with E-state index in [0.29, 0.717) is 12.0 Å². The van der Waals surface area contributed by atoms with Gasteiger partial charge < -0.3 is 15.1 Å². The van der Waals surface area contributed by atoms with Crippen LogP contribution in [-0.4, -0.2) is 49.1 Å². The van der Waals surface area contributed by atoms with Crippen molar-refractivity contribution in [1.29, 1.82) is 0 Å². The van der Waals surface area contributed by atoms with Gasteiger partial charge >= 0.3 is 6.03 Å². The summed E-state index contributed by atoms with van der Waals surface area (Å²) < 4.78 is 0. The van der Waals surface area contributed by atoms with E-state index in [-0.39, 0.29) is 6.03 Å². The number of rotatable bonds is 3. The molecule has 21 heavy (non-hydrogen) atoms. The highest BCUT2D eigenvalue weighted by atomic mass is 16.2. The van der Waals surface area contributed by atoms with Crippen LogP contribution in [0.5, 0.6) is 0 Å². The molecule has 1 aliphatic heterocycles. The maximum Gasteiger partial charge on any atom is 0.321 e. The van der Waals surface area contributed by atoms with Crippen molar-refractivity contribution in [3.8, 4) is 0 Å². The number of likely N-dealkylation sites (tertiary alicyclic amines) is 1. The first-order chi connectivity index (χ1) is 9.99. The van der Waals surface area contributed by atoms with Crippen molar-refractivity contribution in [2.45, 2.75) is 38.6 Å². The highest BCUT2D eigenvalue weighted by Crippen LogP contribution is 2.24. The largest absolute Gasteiger partial charge is 0.325 e. The molecule has 0 unspecified atom stereocenters. The standard InChI is InChI=1S/C17H27N3O/c1-13(2)15-7-5-6-8-16(15)18-17(21)20(4)14-9-11-19(3)12-10-14/h5-8,13-14H,9-12H2,1-4H3,(H,18,21). The Labute approximate surface area is 128 Å². The number of benzene rings is 1. The van der Waals surface area contributed by atoms with Crippen molar-refractivity contribution in [2.75, 3.05) is 32.5 Å². The molecule has 4 heteroatoms. The van der Waals surface area contributed by atoms with E-state index < -0.39 is 0 Å². The molecule has 0 aromatic heterocycles. The molecule has 1 fully saturated rings. The van der Waals surface area contributed by atoms with Gasteiger partial charge in [-0.3, -0.25) is 0 Å². The van der Waals surface area contributed by atoms with E-state index in [0.717, 1.165) is 31.6 Å². The Hall–Kier alpha value is -1.55. The van der Waals surface area contributed by atoms with Crippen LogP contribution in [0.2, 0.25) is 0 Å². The Morgan fingerprint density at radius 3 is 2.52 bits per heavy atom. The number of urea groups is 1. The van der Waals surface area contributed by atoms with Gasteiger partial charge in [0.2, 0.25) is 0 Å². The number of para-hydroxylation sites is 1. The van der Waals surface area contributed by atoms with E-state index in [2.05, 4.69) is 37.2 Å². The normalized spacial score (nSPS) is 17.0. The maximum atomic E-state index is 12.5. The fourth-order valence-corrected chi connectivity index (χ4v) is 2.87. The van der Waals surface area contributed by atoms with Crippen molar-refractivity contribution < 1.29 is 4.79 Å². The zero-order chi connectivity index (χ0) is 15.4. The van der Waals surface area contributed by atoms with Crippen LogP contribution in [0.3, 0.4) is 0 Å².